The van der Waals surface area contributed by atoms with Crippen molar-refractivity contribution in [2.24, 2.45) is 0 Å². The zero-order chi connectivity index (χ0) is 10.7. The Morgan fingerprint density at radius 3 is 2.47 bits per heavy atom. The SMILES string of the molecule is Cc1ccc(CNc2nnc(C)s2)cc1. The minimum absolute atomic E-state index is 0.801. The maximum Gasteiger partial charge on any atom is 0.205 e. The van der Waals surface area contributed by atoms with Crippen molar-refractivity contribution >= 4 is 16.5 Å². The summed E-state index contributed by atoms with van der Waals surface area (Å²) in [4.78, 5) is 0. The molecule has 0 saturated heterocycles. The Morgan fingerprint density at radius 1 is 1.13 bits per heavy atom. The highest BCUT2D eigenvalue weighted by molar-refractivity contribution is 7.15. The number of nitrogens with one attached hydrogen (secondary N) is 1. The lowest BCUT2D eigenvalue weighted by atomic mass is 10.1. The summed E-state index contributed by atoms with van der Waals surface area (Å²) in [7, 11) is 0. The smallest absolute Gasteiger partial charge is 0.205 e. The van der Waals surface area contributed by atoms with Crippen LogP contribution >= 0.6 is 11.3 Å². The van der Waals surface area contributed by atoms with Crippen LogP contribution < -0.4 is 5.32 Å². The van der Waals surface area contributed by atoms with Gasteiger partial charge in [0.1, 0.15) is 5.01 Å². The van der Waals surface area contributed by atoms with Crippen molar-refractivity contribution in [2.45, 2.75) is 20.4 Å². The molecule has 0 saturated carbocycles. The number of anilines is 1. The van der Waals surface area contributed by atoms with Crippen molar-refractivity contribution in [1.82, 2.24) is 10.2 Å². The highest BCUT2D eigenvalue weighted by Gasteiger charge is 1.99. The lowest BCUT2D eigenvalue weighted by molar-refractivity contribution is 1.02. The minimum atomic E-state index is 0.801. The first-order valence-electron chi connectivity index (χ1n) is 4.83. The molecule has 0 spiro atoms. The van der Waals surface area contributed by atoms with Crippen molar-refractivity contribution in [3.63, 3.8) is 0 Å². The zero-order valence-electron chi connectivity index (χ0n) is 8.82. The second-order valence-electron chi connectivity index (χ2n) is 3.47. The van der Waals surface area contributed by atoms with Gasteiger partial charge in [-0.25, -0.2) is 0 Å². The highest BCUT2D eigenvalue weighted by Crippen LogP contribution is 2.14. The molecule has 0 unspecified atom stereocenters. The Morgan fingerprint density at radius 2 is 1.87 bits per heavy atom. The van der Waals surface area contributed by atoms with E-state index in [0.717, 1.165) is 16.7 Å². The van der Waals surface area contributed by atoms with Gasteiger partial charge in [-0.2, -0.15) is 0 Å². The Balaban J connectivity index is 1.96. The predicted molar refractivity (Wildman–Crippen MR) is 63.2 cm³/mol. The fourth-order valence-electron chi connectivity index (χ4n) is 1.25. The maximum atomic E-state index is 4.01. The maximum absolute atomic E-state index is 4.01. The second-order valence-corrected chi connectivity index (χ2v) is 4.65. The molecular formula is C11H13N3S. The number of nitrogens with zero attached hydrogens (tertiary/aromatic N) is 2. The zero-order valence-corrected chi connectivity index (χ0v) is 9.64. The van der Waals surface area contributed by atoms with E-state index >= 15 is 0 Å². The summed E-state index contributed by atoms with van der Waals surface area (Å²) in [6, 6.07) is 8.47. The van der Waals surface area contributed by atoms with E-state index in [4.69, 9.17) is 0 Å². The van der Waals surface area contributed by atoms with Crippen LogP contribution in [0.3, 0.4) is 0 Å². The van der Waals surface area contributed by atoms with Crippen LogP contribution in [0.2, 0.25) is 0 Å². The third-order valence-corrected chi connectivity index (χ3v) is 2.89. The highest BCUT2D eigenvalue weighted by atomic mass is 32.1. The summed E-state index contributed by atoms with van der Waals surface area (Å²) in [5.41, 5.74) is 2.54. The molecule has 1 N–H and O–H groups in total. The lowest BCUT2D eigenvalue weighted by Crippen LogP contribution is -1.98. The molecule has 1 heterocycles. The summed E-state index contributed by atoms with van der Waals surface area (Å²) in [6.45, 7) is 4.84. The molecule has 0 radical (unpaired) electrons. The van der Waals surface area contributed by atoms with Gasteiger partial charge in [0.05, 0.1) is 0 Å². The standard InChI is InChI=1S/C11H13N3S/c1-8-3-5-10(6-4-8)7-12-11-14-13-9(2)15-11/h3-6H,7H2,1-2H3,(H,12,14). The molecule has 0 aliphatic rings. The normalized spacial score (nSPS) is 10.3. The van der Waals surface area contributed by atoms with Crippen molar-refractivity contribution in [2.75, 3.05) is 5.32 Å². The molecule has 0 fully saturated rings. The summed E-state index contributed by atoms with van der Waals surface area (Å²) >= 11 is 1.58. The van der Waals surface area contributed by atoms with E-state index in [1.807, 2.05) is 6.92 Å². The number of benzene rings is 1. The van der Waals surface area contributed by atoms with Crippen molar-refractivity contribution in [3.8, 4) is 0 Å². The van der Waals surface area contributed by atoms with E-state index in [0.29, 0.717) is 0 Å². The van der Waals surface area contributed by atoms with Gasteiger partial charge in [-0.15, -0.1) is 10.2 Å². The predicted octanol–water partition coefficient (Wildman–Crippen LogP) is 2.77. The third kappa shape index (κ3) is 2.76. The van der Waals surface area contributed by atoms with Gasteiger partial charge in [0.15, 0.2) is 0 Å². The lowest BCUT2D eigenvalue weighted by Gasteiger charge is -2.02. The number of hydrogen-bond acceptors (Lipinski definition) is 4. The Kier molecular flexibility index (Phi) is 2.97. The number of hydrogen-bond donors (Lipinski definition) is 1. The molecule has 1 aromatic heterocycles. The van der Waals surface area contributed by atoms with Gasteiger partial charge in [-0.3, -0.25) is 0 Å². The minimum Gasteiger partial charge on any atom is -0.356 e. The van der Waals surface area contributed by atoms with Crippen LogP contribution in [0, 0.1) is 13.8 Å². The fraction of sp³-hybridized carbons (Fsp3) is 0.273. The molecule has 0 amide bonds. The summed E-state index contributed by atoms with van der Waals surface area (Å²) in [5, 5.41) is 13.1. The quantitative estimate of drug-likeness (QED) is 0.862. The molecule has 15 heavy (non-hydrogen) atoms. The summed E-state index contributed by atoms with van der Waals surface area (Å²) in [5.74, 6) is 0. The van der Waals surface area contributed by atoms with E-state index < -0.39 is 0 Å². The molecule has 2 rings (SSSR count). The van der Waals surface area contributed by atoms with E-state index in [9.17, 15) is 0 Å². The number of aryl methyl sites for hydroxylation is 2. The summed E-state index contributed by atoms with van der Waals surface area (Å²) in [6.07, 6.45) is 0. The first kappa shape index (κ1) is 10.1. The molecule has 3 nitrogen and oxygen atoms in total. The molecule has 0 aliphatic carbocycles. The molecule has 78 valence electrons. The van der Waals surface area contributed by atoms with E-state index in [1.54, 1.807) is 11.3 Å². The average molecular weight is 219 g/mol. The van der Waals surface area contributed by atoms with Crippen LogP contribution in [-0.4, -0.2) is 10.2 Å². The van der Waals surface area contributed by atoms with Gasteiger partial charge in [0, 0.05) is 6.54 Å². The second kappa shape index (κ2) is 4.40. The van der Waals surface area contributed by atoms with Crippen LogP contribution in [0.4, 0.5) is 5.13 Å². The first-order valence-corrected chi connectivity index (χ1v) is 5.65. The molecule has 4 heteroatoms. The Hall–Kier alpha value is -1.42. The van der Waals surface area contributed by atoms with E-state index in [2.05, 4.69) is 46.7 Å². The van der Waals surface area contributed by atoms with E-state index in [-0.39, 0.29) is 0 Å². The van der Waals surface area contributed by atoms with Crippen LogP contribution in [0.1, 0.15) is 16.1 Å². The molecule has 1 aromatic carbocycles. The number of aromatic nitrogens is 2. The van der Waals surface area contributed by atoms with Gasteiger partial charge in [0.2, 0.25) is 5.13 Å². The van der Waals surface area contributed by atoms with Crippen LogP contribution in [0.25, 0.3) is 0 Å². The van der Waals surface area contributed by atoms with Gasteiger partial charge in [-0.1, -0.05) is 41.2 Å². The monoisotopic (exact) mass is 219 g/mol. The topological polar surface area (TPSA) is 37.8 Å². The Labute approximate surface area is 93.2 Å². The third-order valence-electron chi connectivity index (χ3n) is 2.09. The fourth-order valence-corrected chi connectivity index (χ4v) is 1.84. The molecule has 0 aliphatic heterocycles. The van der Waals surface area contributed by atoms with E-state index in [1.165, 1.54) is 11.1 Å². The van der Waals surface area contributed by atoms with Gasteiger partial charge >= 0.3 is 0 Å². The van der Waals surface area contributed by atoms with Crippen LogP contribution in [0.15, 0.2) is 24.3 Å². The number of rotatable bonds is 3. The molecule has 0 bridgehead atoms. The molecule has 0 atom stereocenters. The van der Waals surface area contributed by atoms with Gasteiger partial charge < -0.3 is 5.32 Å². The van der Waals surface area contributed by atoms with Crippen LogP contribution in [-0.2, 0) is 6.54 Å². The largest absolute Gasteiger partial charge is 0.356 e. The Bertz CT molecular complexity index is 433. The van der Waals surface area contributed by atoms with Crippen molar-refractivity contribution < 1.29 is 0 Å². The van der Waals surface area contributed by atoms with Crippen LogP contribution in [0.5, 0.6) is 0 Å². The van der Waals surface area contributed by atoms with Crippen molar-refractivity contribution in [3.05, 3.63) is 40.4 Å². The summed E-state index contributed by atoms with van der Waals surface area (Å²) < 4.78 is 0. The molecular weight excluding hydrogens is 206 g/mol. The van der Waals surface area contributed by atoms with Gasteiger partial charge in [-0.05, 0) is 19.4 Å². The average Bonchev–Trinajstić information content (AvgIpc) is 2.64. The first-order chi connectivity index (χ1) is 7.24. The van der Waals surface area contributed by atoms with Gasteiger partial charge in [0.25, 0.3) is 0 Å². The van der Waals surface area contributed by atoms with Crippen molar-refractivity contribution in [1.29, 1.82) is 0 Å². The molecule has 2 aromatic rings.